The number of carbonyl (C=O) groups is 1. The average Bonchev–Trinajstić information content (AvgIpc) is 2.29. The van der Waals surface area contributed by atoms with Crippen LogP contribution >= 0.6 is 0 Å². The predicted octanol–water partition coefficient (Wildman–Crippen LogP) is 1.95. The minimum Gasteiger partial charge on any atom is -0.444 e. The summed E-state index contributed by atoms with van der Waals surface area (Å²) in [5.41, 5.74) is 5.96. The number of carbonyl (C=O) groups excluding carboxylic acids is 1. The van der Waals surface area contributed by atoms with Crippen LogP contribution in [-0.2, 0) is 4.74 Å². The summed E-state index contributed by atoms with van der Waals surface area (Å²) in [5.74, 6) is 0. The Hall–Kier alpha value is -1.62. The number of pyridine rings is 1. The molecule has 5 heteroatoms. The van der Waals surface area contributed by atoms with Crippen molar-refractivity contribution >= 4 is 6.09 Å². The van der Waals surface area contributed by atoms with Crippen molar-refractivity contribution in [3.8, 4) is 0 Å². The highest BCUT2D eigenvalue weighted by molar-refractivity contribution is 5.68. The fourth-order valence-corrected chi connectivity index (χ4v) is 1.51. The van der Waals surface area contributed by atoms with Crippen LogP contribution in [0.5, 0.6) is 0 Å². The van der Waals surface area contributed by atoms with Crippen molar-refractivity contribution in [3.63, 3.8) is 0 Å². The molecule has 0 spiro atoms. The van der Waals surface area contributed by atoms with E-state index in [0.717, 1.165) is 5.69 Å². The first kappa shape index (κ1) is 14.4. The van der Waals surface area contributed by atoms with Crippen LogP contribution in [0.25, 0.3) is 0 Å². The molecule has 1 aromatic heterocycles. The summed E-state index contributed by atoms with van der Waals surface area (Å²) in [7, 11) is 1.67. The fourth-order valence-electron chi connectivity index (χ4n) is 1.51. The molecule has 0 saturated carbocycles. The lowest BCUT2D eigenvalue weighted by atomic mass is 10.1. The largest absolute Gasteiger partial charge is 0.444 e. The van der Waals surface area contributed by atoms with Crippen LogP contribution in [0.2, 0.25) is 0 Å². The SMILES string of the molecule is CN(C(=O)OC(C)(C)C)C(CN)c1ccccn1. The summed E-state index contributed by atoms with van der Waals surface area (Å²) >= 11 is 0. The molecular weight excluding hydrogens is 230 g/mol. The number of nitrogens with two attached hydrogens (primary N) is 1. The van der Waals surface area contributed by atoms with Crippen LogP contribution in [0.1, 0.15) is 32.5 Å². The van der Waals surface area contributed by atoms with Gasteiger partial charge in [-0.1, -0.05) is 6.07 Å². The molecule has 1 amide bonds. The molecule has 1 rings (SSSR count). The number of rotatable bonds is 3. The van der Waals surface area contributed by atoms with Gasteiger partial charge in [0, 0.05) is 19.8 Å². The van der Waals surface area contributed by atoms with Gasteiger partial charge in [0.25, 0.3) is 0 Å². The number of hydrogen-bond acceptors (Lipinski definition) is 4. The molecule has 0 aliphatic heterocycles. The number of aromatic nitrogens is 1. The van der Waals surface area contributed by atoms with Gasteiger partial charge in [0.1, 0.15) is 5.60 Å². The van der Waals surface area contributed by atoms with Crippen LogP contribution in [0, 0.1) is 0 Å². The van der Waals surface area contributed by atoms with E-state index in [2.05, 4.69) is 4.98 Å². The highest BCUT2D eigenvalue weighted by Gasteiger charge is 2.26. The molecular formula is C13H21N3O2. The first-order valence-corrected chi connectivity index (χ1v) is 5.92. The van der Waals surface area contributed by atoms with Gasteiger partial charge >= 0.3 is 6.09 Å². The Bertz CT molecular complexity index is 387. The minimum atomic E-state index is -0.519. The Kier molecular flexibility index (Phi) is 4.67. The molecule has 1 heterocycles. The summed E-state index contributed by atoms with van der Waals surface area (Å²) in [4.78, 5) is 17.7. The van der Waals surface area contributed by atoms with Gasteiger partial charge in [0.05, 0.1) is 11.7 Å². The van der Waals surface area contributed by atoms with E-state index in [0.29, 0.717) is 6.54 Å². The van der Waals surface area contributed by atoms with E-state index >= 15 is 0 Å². The summed E-state index contributed by atoms with van der Waals surface area (Å²) in [6, 6.07) is 5.26. The monoisotopic (exact) mass is 251 g/mol. The standard InChI is InChI=1S/C13H21N3O2/c1-13(2,3)18-12(17)16(4)11(9-14)10-7-5-6-8-15-10/h5-8,11H,9,14H2,1-4H3. The van der Waals surface area contributed by atoms with Crippen LogP contribution in [0.3, 0.4) is 0 Å². The lowest BCUT2D eigenvalue weighted by Gasteiger charge is -2.29. The second-order valence-electron chi connectivity index (χ2n) is 5.10. The van der Waals surface area contributed by atoms with Crippen molar-refractivity contribution in [3.05, 3.63) is 30.1 Å². The molecule has 1 aromatic rings. The van der Waals surface area contributed by atoms with Crippen LogP contribution in [0.15, 0.2) is 24.4 Å². The van der Waals surface area contributed by atoms with E-state index in [4.69, 9.17) is 10.5 Å². The third-order valence-electron chi connectivity index (χ3n) is 2.40. The second-order valence-corrected chi connectivity index (χ2v) is 5.10. The summed E-state index contributed by atoms with van der Waals surface area (Å²) in [6.07, 6.45) is 1.28. The zero-order valence-corrected chi connectivity index (χ0v) is 11.4. The van der Waals surface area contributed by atoms with Gasteiger partial charge in [0.15, 0.2) is 0 Å². The molecule has 2 N–H and O–H groups in total. The molecule has 0 fully saturated rings. The van der Waals surface area contributed by atoms with Gasteiger partial charge in [-0.25, -0.2) is 4.79 Å². The molecule has 5 nitrogen and oxygen atoms in total. The molecule has 0 saturated heterocycles. The highest BCUT2D eigenvalue weighted by Crippen LogP contribution is 2.18. The van der Waals surface area contributed by atoms with Gasteiger partial charge in [-0.2, -0.15) is 0 Å². The highest BCUT2D eigenvalue weighted by atomic mass is 16.6. The van der Waals surface area contributed by atoms with E-state index in [1.807, 2.05) is 39.0 Å². The lowest BCUT2D eigenvalue weighted by molar-refractivity contribution is 0.0222. The number of ether oxygens (including phenoxy) is 1. The maximum atomic E-state index is 12.0. The topological polar surface area (TPSA) is 68.5 Å². The molecule has 1 unspecified atom stereocenters. The molecule has 0 radical (unpaired) electrons. The maximum Gasteiger partial charge on any atom is 0.410 e. The lowest BCUT2D eigenvalue weighted by Crippen LogP contribution is -2.39. The third kappa shape index (κ3) is 4.00. The summed E-state index contributed by atoms with van der Waals surface area (Å²) < 4.78 is 5.31. The van der Waals surface area contributed by atoms with Crippen molar-refractivity contribution in [2.45, 2.75) is 32.4 Å². The first-order chi connectivity index (χ1) is 8.35. The quantitative estimate of drug-likeness (QED) is 0.891. The van der Waals surface area contributed by atoms with E-state index in [9.17, 15) is 4.79 Å². The number of amides is 1. The zero-order valence-electron chi connectivity index (χ0n) is 11.4. The Morgan fingerprint density at radius 1 is 1.50 bits per heavy atom. The van der Waals surface area contributed by atoms with E-state index < -0.39 is 11.7 Å². The van der Waals surface area contributed by atoms with Crippen molar-refractivity contribution in [2.75, 3.05) is 13.6 Å². The Morgan fingerprint density at radius 3 is 2.61 bits per heavy atom. The Labute approximate surface area is 108 Å². The molecule has 0 bridgehead atoms. The predicted molar refractivity (Wildman–Crippen MR) is 70.0 cm³/mol. The van der Waals surface area contributed by atoms with Crippen molar-refractivity contribution in [2.24, 2.45) is 5.73 Å². The van der Waals surface area contributed by atoms with Gasteiger partial charge in [-0.05, 0) is 32.9 Å². The first-order valence-electron chi connectivity index (χ1n) is 5.92. The van der Waals surface area contributed by atoms with Gasteiger partial charge < -0.3 is 15.4 Å². The van der Waals surface area contributed by atoms with Crippen molar-refractivity contribution in [1.29, 1.82) is 0 Å². The maximum absolute atomic E-state index is 12.0. The number of hydrogen-bond donors (Lipinski definition) is 1. The van der Waals surface area contributed by atoms with Crippen molar-refractivity contribution in [1.82, 2.24) is 9.88 Å². The smallest absolute Gasteiger partial charge is 0.410 e. The second kappa shape index (κ2) is 5.82. The normalized spacial score (nSPS) is 12.9. The van der Waals surface area contributed by atoms with E-state index in [1.54, 1.807) is 13.2 Å². The van der Waals surface area contributed by atoms with Gasteiger partial charge in [-0.3, -0.25) is 4.98 Å². The van der Waals surface area contributed by atoms with E-state index in [1.165, 1.54) is 4.90 Å². The molecule has 1 atom stereocenters. The van der Waals surface area contributed by atoms with E-state index in [-0.39, 0.29) is 6.04 Å². The fraction of sp³-hybridized carbons (Fsp3) is 0.538. The zero-order chi connectivity index (χ0) is 13.8. The summed E-state index contributed by atoms with van der Waals surface area (Å²) in [6.45, 7) is 5.79. The Morgan fingerprint density at radius 2 is 2.17 bits per heavy atom. The van der Waals surface area contributed by atoms with Crippen LogP contribution < -0.4 is 5.73 Å². The molecule has 0 aliphatic rings. The average molecular weight is 251 g/mol. The van der Waals surface area contributed by atoms with Gasteiger partial charge in [-0.15, -0.1) is 0 Å². The van der Waals surface area contributed by atoms with Crippen LogP contribution in [0.4, 0.5) is 4.79 Å². The molecule has 100 valence electrons. The van der Waals surface area contributed by atoms with Crippen molar-refractivity contribution < 1.29 is 9.53 Å². The molecule has 0 aromatic carbocycles. The number of likely N-dealkylation sites (N-methyl/N-ethyl adjacent to an activating group) is 1. The minimum absolute atomic E-state index is 0.277. The number of nitrogens with zero attached hydrogens (tertiary/aromatic N) is 2. The summed E-state index contributed by atoms with van der Waals surface area (Å²) in [5, 5.41) is 0. The Balaban J connectivity index is 2.80. The third-order valence-corrected chi connectivity index (χ3v) is 2.40. The molecule has 0 aliphatic carbocycles. The molecule has 18 heavy (non-hydrogen) atoms. The van der Waals surface area contributed by atoms with Gasteiger partial charge in [0.2, 0.25) is 0 Å². The van der Waals surface area contributed by atoms with Crippen LogP contribution in [-0.4, -0.2) is 35.2 Å².